The molecule has 0 aromatic heterocycles. The molecule has 3 N–H and O–H groups in total. The van der Waals surface area contributed by atoms with Gasteiger partial charge in [-0.3, -0.25) is 5.43 Å². The van der Waals surface area contributed by atoms with E-state index in [-0.39, 0.29) is 16.6 Å². The van der Waals surface area contributed by atoms with Gasteiger partial charge in [0, 0.05) is 11.6 Å². The number of hydrogen-bond acceptors (Lipinski definition) is 6. The number of hydrogen-bond donors (Lipinski definition) is 2. The lowest BCUT2D eigenvalue weighted by molar-refractivity contribution is 0.0732. The van der Waals surface area contributed by atoms with E-state index >= 15 is 0 Å². The lowest BCUT2D eigenvalue weighted by Crippen LogP contribution is -2.24. The maximum atomic E-state index is 12.5. The van der Waals surface area contributed by atoms with Crippen LogP contribution in [0.15, 0.2) is 84.0 Å². The number of ether oxygens (including phenoxy) is 2. The van der Waals surface area contributed by atoms with Gasteiger partial charge >= 0.3 is 11.9 Å². The quantitative estimate of drug-likeness (QED) is 0.208. The molecule has 0 heterocycles. The normalized spacial score (nSPS) is 10.4. The molecule has 0 unspecified atom stereocenters. The van der Waals surface area contributed by atoms with Gasteiger partial charge in [0.1, 0.15) is 11.5 Å². The van der Waals surface area contributed by atoms with Gasteiger partial charge in [-0.25, -0.2) is 9.59 Å². The van der Waals surface area contributed by atoms with Crippen LogP contribution in [-0.2, 0) is 0 Å². The molecule has 0 spiro atoms. The van der Waals surface area contributed by atoms with Crippen molar-refractivity contribution in [2.75, 3.05) is 0 Å². The van der Waals surface area contributed by atoms with Crippen LogP contribution in [0.3, 0.4) is 0 Å². The third-order valence-corrected chi connectivity index (χ3v) is 3.89. The topological polar surface area (TPSA) is 103 Å². The summed E-state index contributed by atoms with van der Waals surface area (Å²) >= 11 is 4.70. The Bertz CT molecular complexity index is 1090. The van der Waals surface area contributed by atoms with Crippen molar-refractivity contribution in [1.82, 2.24) is 5.43 Å². The second kappa shape index (κ2) is 9.94. The van der Waals surface area contributed by atoms with Crippen molar-refractivity contribution < 1.29 is 19.1 Å². The first-order valence-electron chi connectivity index (χ1n) is 8.80. The Morgan fingerprint density at radius 2 is 1.43 bits per heavy atom. The fourth-order valence-corrected chi connectivity index (χ4v) is 2.46. The van der Waals surface area contributed by atoms with Crippen LogP contribution in [0.25, 0.3) is 0 Å². The number of benzene rings is 3. The van der Waals surface area contributed by atoms with Gasteiger partial charge in [0.05, 0.1) is 17.3 Å². The van der Waals surface area contributed by atoms with E-state index in [1.807, 2.05) is 0 Å². The number of esters is 2. The molecule has 0 aliphatic rings. The monoisotopic (exact) mass is 419 g/mol. The molecular formula is C22H17N3O4S. The second-order valence-corrected chi connectivity index (χ2v) is 6.38. The maximum Gasteiger partial charge on any atom is 0.343 e. The first kappa shape index (κ1) is 20.7. The van der Waals surface area contributed by atoms with Crippen molar-refractivity contribution in [1.29, 1.82) is 0 Å². The second-order valence-electron chi connectivity index (χ2n) is 5.94. The van der Waals surface area contributed by atoms with Gasteiger partial charge in [-0.15, -0.1) is 0 Å². The van der Waals surface area contributed by atoms with Gasteiger partial charge in [-0.2, -0.15) is 5.10 Å². The molecule has 30 heavy (non-hydrogen) atoms. The molecule has 0 atom stereocenters. The van der Waals surface area contributed by atoms with Crippen LogP contribution in [0.1, 0.15) is 26.3 Å². The summed E-state index contributed by atoms with van der Waals surface area (Å²) in [5.41, 5.74) is 8.99. The molecule has 0 aliphatic carbocycles. The summed E-state index contributed by atoms with van der Waals surface area (Å²) < 4.78 is 10.9. The molecule has 0 fully saturated rings. The molecule has 8 heteroatoms. The van der Waals surface area contributed by atoms with E-state index in [0.717, 1.165) is 0 Å². The van der Waals surface area contributed by atoms with Gasteiger partial charge in [0.2, 0.25) is 0 Å². The Morgan fingerprint density at radius 3 is 2.00 bits per heavy atom. The average Bonchev–Trinajstić information content (AvgIpc) is 2.76. The van der Waals surface area contributed by atoms with Crippen LogP contribution in [0.4, 0.5) is 0 Å². The molecule has 7 nitrogen and oxygen atoms in total. The van der Waals surface area contributed by atoms with Crippen LogP contribution in [0, 0.1) is 0 Å². The molecule has 3 aromatic carbocycles. The fourth-order valence-electron chi connectivity index (χ4n) is 2.41. The first-order chi connectivity index (χ1) is 14.5. The largest absolute Gasteiger partial charge is 0.423 e. The van der Waals surface area contributed by atoms with E-state index in [1.54, 1.807) is 72.8 Å². The summed E-state index contributed by atoms with van der Waals surface area (Å²) in [6.07, 6.45) is 1.38. The molecule has 0 radical (unpaired) electrons. The highest BCUT2D eigenvalue weighted by Gasteiger charge is 2.14. The van der Waals surface area contributed by atoms with E-state index in [0.29, 0.717) is 16.7 Å². The molecule has 0 saturated heterocycles. The SMILES string of the molecule is NC(=S)N/N=C/c1ccc(OC(=O)c2ccccc2)cc1OC(=O)c1ccccc1. The predicted molar refractivity (Wildman–Crippen MR) is 117 cm³/mol. The minimum Gasteiger partial charge on any atom is -0.423 e. The van der Waals surface area contributed by atoms with Crippen molar-refractivity contribution >= 4 is 35.5 Å². The van der Waals surface area contributed by atoms with E-state index in [4.69, 9.17) is 27.4 Å². The van der Waals surface area contributed by atoms with Crippen molar-refractivity contribution in [2.24, 2.45) is 10.8 Å². The molecule has 3 rings (SSSR count). The number of nitrogens with one attached hydrogen (secondary N) is 1. The van der Waals surface area contributed by atoms with Crippen LogP contribution < -0.4 is 20.6 Å². The molecule has 0 amide bonds. The van der Waals surface area contributed by atoms with Gasteiger partial charge in [-0.05, 0) is 48.6 Å². The van der Waals surface area contributed by atoms with E-state index < -0.39 is 11.9 Å². The molecule has 0 aliphatic heterocycles. The number of thiocarbonyl (C=S) groups is 1. The number of nitrogens with zero attached hydrogens (tertiary/aromatic N) is 1. The number of hydrazone groups is 1. The lowest BCUT2D eigenvalue weighted by Gasteiger charge is -2.10. The average molecular weight is 419 g/mol. The smallest absolute Gasteiger partial charge is 0.343 e. The van der Waals surface area contributed by atoms with E-state index in [2.05, 4.69) is 10.5 Å². The highest BCUT2D eigenvalue weighted by molar-refractivity contribution is 7.80. The Balaban J connectivity index is 1.86. The number of rotatable bonds is 6. The lowest BCUT2D eigenvalue weighted by atomic mass is 10.2. The summed E-state index contributed by atoms with van der Waals surface area (Å²) in [5.74, 6) is -0.749. The summed E-state index contributed by atoms with van der Waals surface area (Å²) in [5, 5.41) is 3.87. The highest BCUT2D eigenvalue weighted by atomic mass is 32.1. The van der Waals surface area contributed by atoms with E-state index in [1.165, 1.54) is 12.3 Å². The Labute approximate surface area is 178 Å². The number of carbonyl (C=O) groups is 2. The molecule has 150 valence electrons. The van der Waals surface area contributed by atoms with E-state index in [9.17, 15) is 9.59 Å². The van der Waals surface area contributed by atoms with Gasteiger partial charge in [-0.1, -0.05) is 36.4 Å². The van der Waals surface area contributed by atoms with Crippen molar-refractivity contribution in [3.8, 4) is 11.5 Å². The predicted octanol–water partition coefficient (Wildman–Crippen LogP) is 3.29. The minimum atomic E-state index is -0.570. The van der Waals surface area contributed by atoms with Gasteiger partial charge in [0.15, 0.2) is 5.11 Å². The van der Waals surface area contributed by atoms with Crippen LogP contribution in [0.5, 0.6) is 11.5 Å². The summed E-state index contributed by atoms with van der Waals surface area (Å²) in [7, 11) is 0. The molecule has 0 bridgehead atoms. The zero-order chi connectivity index (χ0) is 21.3. The number of carbonyl (C=O) groups excluding carboxylic acids is 2. The summed E-state index contributed by atoms with van der Waals surface area (Å²) in [6.45, 7) is 0. The van der Waals surface area contributed by atoms with Crippen LogP contribution in [0.2, 0.25) is 0 Å². The fraction of sp³-hybridized carbons (Fsp3) is 0. The zero-order valence-corrected chi connectivity index (χ0v) is 16.5. The summed E-state index contributed by atoms with van der Waals surface area (Å²) in [4.78, 5) is 24.8. The molecule has 0 saturated carbocycles. The van der Waals surface area contributed by atoms with Crippen molar-refractivity contribution in [3.63, 3.8) is 0 Å². The van der Waals surface area contributed by atoms with Crippen LogP contribution in [-0.4, -0.2) is 23.3 Å². The maximum absolute atomic E-state index is 12.5. The Hall–Kier alpha value is -4.04. The van der Waals surface area contributed by atoms with Crippen LogP contribution >= 0.6 is 12.2 Å². The number of nitrogens with two attached hydrogens (primary N) is 1. The van der Waals surface area contributed by atoms with Gasteiger partial charge in [0.25, 0.3) is 0 Å². The zero-order valence-electron chi connectivity index (χ0n) is 15.6. The Morgan fingerprint density at radius 1 is 0.867 bits per heavy atom. The standard InChI is InChI=1S/C22H17N3O4S/c23-22(30)25-24-14-17-11-12-18(28-20(26)15-7-3-1-4-8-15)13-19(17)29-21(27)16-9-5-2-6-10-16/h1-14H,(H3,23,25,30)/b24-14+. The molecule has 3 aromatic rings. The van der Waals surface area contributed by atoms with Gasteiger partial charge < -0.3 is 15.2 Å². The highest BCUT2D eigenvalue weighted by Crippen LogP contribution is 2.25. The first-order valence-corrected chi connectivity index (χ1v) is 9.21. The van der Waals surface area contributed by atoms with Crippen molar-refractivity contribution in [2.45, 2.75) is 0 Å². The summed E-state index contributed by atoms with van der Waals surface area (Å²) in [6, 6.07) is 21.6. The third-order valence-electron chi connectivity index (χ3n) is 3.80. The third kappa shape index (κ3) is 5.73. The minimum absolute atomic E-state index is 0.0116. The van der Waals surface area contributed by atoms with Crippen molar-refractivity contribution in [3.05, 3.63) is 95.6 Å². The molecular weight excluding hydrogens is 402 g/mol. The Kier molecular flexibility index (Phi) is 6.86.